The van der Waals surface area contributed by atoms with Crippen LogP contribution in [0.1, 0.15) is 51.2 Å². The minimum atomic E-state index is 0.164. The van der Waals surface area contributed by atoms with Crippen LogP contribution in [0.15, 0.2) is 42.0 Å². The van der Waals surface area contributed by atoms with Gasteiger partial charge in [-0.15, -0.1) is 0 Å². The number of allylic oxidation sites excluding steroid dienone is 1. The smallest absolute Gasteiger partial charge is 0.189 e. The van der Waals surface area contributed by atoms with Gasteiger partial charge in [0, 0.05) is 24.7 Å². The zero-order chi connectivity index (χ0) is 16.8. The number of carbonyl (C=O) groups excluding carboxylic acids is 1. The number of hydrogen-bond donors (Lipinski definition) is 0. The first-order valence-electron chi connectivity index (χ1n) is 8.58. The van der Waals surface area contributed by atoms with E-state index in [4.69, 9.17) is 4.74 Å². The molecule has 2 aromatic rings. The molecule has 0 aliphatic heterocycles. The third kappa shape index (κ3) is 2.33. The number of methoxy groups -OCH3 is 1. The van der Waals surface area contributed by atoms with Crippen molar-refractivity contribution >= 4 is 11.9 Å². The molecular formula is C22H22O2. The molecule has 2 aromatic carbocycles. The predicted molar refractivity (Wildman–Crippen MR) is 96.3 cm³/mol. The van der Waals surface area contributed by atoms with Crippen molar-refractivity contribution in [1.82, 2.24) is 0 Å². The normalized spacial score (nSPS) is 23.6. The third-order valence-corrected chi connectivity index (χ3v) is 5.36. The summed E-state index contributed by atoms with van der Waals surface area (Å²) in [7, 11) is 1.78. The lowest BCUT2D eigenvalue weighted by Gasteiger charge is -2.14. The molecule has 2 unspecified atom stereocenters. The Morgan fingerprint density at radius 1 is 1.21 bits per heavy atom. The summed E-state index contributed by atoms with van der Waals surface area (Å²) in [5.41, 5.74) is 7.91. The predicted octanol–water partition coefficient (Wildman–Crippen LogP) is 4.70. The number of ketones is 1. The first kappa shape index (κ1) is 15.3. The summed E-state index contributed by atoms with van der Waals surface area (Å²) < 4.78 is 5.67. The highest BCUT2D eigenvalue weighted by atomic mass is 16.5. The highest BCUT2D eigenvalue weighted by Gasteiger charge is 2.31. The van der Waals surface area contributed by atoms with Gasteiger partial charge in [0.15, 0.2) is 5.78 Å². The van der Waals surface area contributed by atoms with E-state index in [9.17, 15) is 4.79 Å². The first-order valence-corrected chi connectivity index (χ1v) is 8.58. The van der Waals surface area contributed by atoms with Gasteiger partial charge in [0.2, 0.25) is 0 Å². The Balaban J connectivity index is 1.74. The average molecular weight is 318 g/mol. The topological polar surface area (TPSA) is 26.3 Å². The van der Waals surface area contributed by atoms with Crippen LogP contribution in [0.2, 0.25) is 0 Å². The number of Topliss-reactive ketones (excluding diaryl/α,β-unsaturated/α-hetero) is 1. The molecule has 2 aliphatic carbocycles. The average Bonchev–Trinajstić information content (AvgIpc) is 3.04. The maximum atomic E-state index is 12.7. The van der Waals surface area contributed by atoms with Gasteiger partial charge in [-0.25, -0.2) is 0 Å². The zero-order valence-electron chi connectivity index (χ0n) is 14.4. The van der Waals surface area contributed by atoms with Gasteiger partial charge in [-0.3, -0.25) is 4.79 Å². The molecule has 0 aromatic heterocycles. The lowest BCUT2D eigenvalue weighted by atomic mass is 9.99. The van der Waals surface area contributed by atoms with E-state index in [2.05, 4.69) is 44.2 Å². The van der Waals surface area contributed by atoms with Crippen LogP contribution in [0, 0.1) is 12.8 Å². The quantitative estimate of drug-likeness (QED) is 0.750. The largest absolute Gasteiger partial charge is 0.376 e. The number of carbonyl (C=O) groups is 1. The van der Waals surface area contributed by atoms with Crippen molar-refractivity contribution in [2.75, 3.05) is 7.11 Å². The van der Waals surface area contributed by atoms with Gasteiger partial charge < -0.3 is 4.74 Å². The molecule has 0 radical (unpaired) electrons. The van der Waals surface area contributed by atoms with E-state index in [0.717, 1.165) is 29.5 Å². The van der Waals surface area contributed by atoms with Crippen LogP contribution in [-0.2, 0) is 17.6 Å². The van der Waals surface area contributed by atoms with Crippen LogP contribution in [0.25, 0.3) is 6.08 Å². The number of fused-ring (bicyclic) bond motifs is 2. The summed E-state index contributed by atoms with van der Waals surface area (Å²) in [6.45, 7) is 4.30. The van der Waals surface area contributed by atoms with Crippen LogP contribution < -0.4 is 0 Å². The van der Waals surface area contributed by atoms with Crippen LogP contribution >= 0.6 is 0 Å². The molecule has 2 aliphatic rings. The Labute approximate surface area is 143 Å². The van der Waals surface area contributed by atoms with E-state index >= 15 is 0 Å². The molecule has 2 atom stereocenters. The minimum Gasteiger partial charge on any atom is -0.376 e. The fourth-order valence-electron chi connectivity index (χ4n) is 4.21. The van der Waals surface area contributed by atoms with Crippen LogP contribution in [0.5, 0.6) is 0 Å². The fraction of sp³-hybridized carbons (Fsp3) is 0.318. The van der Waals surface area contributed by atoms with Crippen molar-refractivity contribution in [3.05, 3.63) is 75.4 Å². The van der Waals surface area contributed by atoms with E-state index in [1.165, 1.54) is 22.3 Å². The molecule has 122 valence electrons. The van der Waals surface area contributed by atoms with Crippen LogP contribution in [0.3, 0.4) is 0 Å². The lowest BCUT2D eigenvalue weighted by Crippen LogP contribution is -2.05. The second-order valence-corrected chi connectivity index (χ2v) is 7.09. The standard InChI is InChI=1S/C22H22O2/c1-13-7-8-18-16(9-13)12-17(21(18)23)11-15-5-4-6-19-20(15)10-14(2)22(19)24-3/h4-9,11,14,22H,10,12H2,1-3H3/b17-11+. The fourth-order valence-corrected chi connectivity index (χ4v) is 4.21. The van der Waals surface area contributed by atoms with Gasteiger partial charge >= 0.3 is 0 Å². The third-order valence-electron chi connectivity index (χ3n) is 5.36. The van der Waals surface area contributed by atoms with E-state index in [0.29, 0.717) is 5.92 Å². The van der Waals surface area contributed by atoms with Gasteiger partial charge in [-0.05, 0) is 47.6 Å². The number of rotatable bonds is 2. The highest BCUT2D eigenvalue weighted by molar-refractivity contribution is 6.15. The zero-order valence-corrected chi connectivity index (χ0v) is 14.4. The molecule has 0 N–H and O–H groups in total. The molecule has 0 fully saturated rings. The number of ether oxygens (including phenoxy) is 1. The second-order valence-electron chi connectivity index (χ2n) is 7.09. The Morgan fingerprint density at radius 2 is 2.04 bits per heavy atom. The minimum absolute atomic E-state index is 0.164. The van der Waals surface area contributed by atoms with E-state index in [1.807, 2.05) is 12.1 Å². The highest BCUT2D eigenvalue weighted by Crippen LogP contribution is 2.40. The molecule has 0 saturated heterocycles. The molecule has 4 rings (SSSR count). The summed E-state index contributed by atoms with van der Waals surface area (Å²) in [4.78, 5) is 12.7. The Hall–Kier alpha value is -2.19. The van der Waals surface area contributed by atoms with Gasteiger partial charge in [-0.2, -0.15) is 0 Å². The SMILES string of the molecule is COC1c2cccc(/C=C3\Cc4cc(C)ccc4C3=O)c2CC1C. The summed E-state index contributed by atoms with van der Waals surface area (Å²) in [6, 6.07) is 12.5. The monoisotopic (exact) mass is 318 g/mol. The van der Waals surface area contributed by atoms with Crippen molar-refractivity contribution in [3.8, 4) is 0 Å². The second kappa shape index (κ2) is 5.71. The summed E-state index contributed by atoms with van der Waals surface area (Å²) >= 11 is 0. The van der Waals surface area contributed by atoms with E-state index < -0.39 is 0 Å². The maximum absolute atomic E-state index is 12.7. The van der Waals surface area contributed by atoms with Gasteiger partial charge in [0.05, 0.1) is 6.10 Å². The van der Waals surface area contributed by atoms with Crippen molar-refractivity contribution in [2.24, 2.45) is 5.92 Å². The van der Waals surface area contributed by atoms with Gasteiger partial charge in [-0.1, -0.05) is 48.9 Å². The van der Waals surface area contributed by atoms with Gasteiger partial charge in [0.25, 0.3) is 0 Å². The Kier molecular flexibility index (Phi) is 3.65. The first-order chi connectivity index (χ1) is 11.6. The maximum Gasteiger partial charge on any atom is 0.189 e. The van der Waals surface area contributed by atoms with Crippen molar-refractivity contribution < 1.29 is 9.53 Å². The summed E-state index contributed by atoms with van der Waals surface area (Å²) in [5.74, 6) is 0.653. The van der Waals surface area contributed by atoms with E-state index in [1.54, 1.807) is 7.11 Å². The van der Waals surface area contributed by atoms with Crippen molar-refractivity contribution in [1.29, 1.82) is 0 Å². The van der Waals surface area contributed by atoms with Crippen LogP contribution in [0.4, 0.5) is 0 Å². The molecule has 0 spiro atoms. The number of benzene rings is 2. The molecule has 0 bridgehead atoms. The molecule has 0 heterocycles. The van der Waals surface area contributed by atoms with Crippen molar-refractivity contribution in [3.63, 3.8) is 0 Å². The lowest BCUT2D eigenvalue weighted by molar-refractivity contribution is 0.0695. The summed E-state index contributed by atoms with van der Waals surface area (Å²) in [5, 5.41) is 0. The Bertz CT molecular complexity index is 860. The molecule has 2 nitrogen and oxygen atoms in total. The molecular weight excluding hydrogens is 296 g/mol. The Morgan fingerprint density at radius 3 is 2.83 bits per heavy atom. The van der Waals surface area contributed by atoms with E-state index in [-0.39, 0.29) is 11.9 Å². The summed E-state index contributed by atoms with van der Waals surface area (Å²) in [6.07, 6.45) is 4.01. The molecule has 2 heteroatoms. The number of aryl methyl sites for hydroxylation is 1. The molecule has 24 heavy (non-hydrogen) atoms. The van der Waals surface area contributed by atoms with Crippen LogP contribution in [-0.4, -0.2) is 12.9 Å². The van der Waals surface area contributed by atoms with Gasteiger partial charge in [0.1, 0.15) is 0 Å². The number of hydrogen-bond acceptors (Lipinski definition) is 2. The molecule has 0 amide bonds. The molecule has 0 saturated carbocycles. The van der Waals surface area contributed by atoms with Crippen molar-refractivity contribution in [2.45, 2.75) is 32.8 Å².